The molecule has 2 rings (SSSR count). The Bertz CT molecular complexity index is 766. The molecule has 0 bridgehead atoms. The molecule has 0 aliphatic rings. The first-order valence-corrected chi connectivity index (χ1v) is 8.42. The largest absolute Gasteiger partial charge is 0.356 e. The summed E-state index contributed by atoms with van der Waals surface area (Å²) in [5, 5.41) is 2.70. The van der Waals surface area contributed by atoms with Gasteiger partial charge in [-0.15, -0.1) is 0 Å². The number of anilines is 1. The fourth-order valence-electron chi connectivity index (χ4n) is 1.66. The van der Waals surface area contributed by atoms with E-state index in [9.17, 15) is 13.2 Å². The zero-order valence-electron chi connectivity index (χ0n) is 10.9. The third-order valence-electron chi connectivity index (χ3n) is 2.78. The lowest BCUT2D eigenvalue weighted by molar-refractivity contribution is 0.102. The van der Waals surface area contributed by atoms with Crippen molar-refractivity contribution < 1.29 is 13.2 Å². The van der Waals surface area contributed by atoms with Gasteiger partial charge in [0.15, 0.2) is 9.84 Å². The monoisotopic (exact) mass is 356 g/mol. The zero-order chi connectivity index (χ0) is 14.9. The molecule has 2 N–H and O–H groups in total. The van der Waals surface area contributed by atoms with E-state index >= 15 is 0 Å². The number of H-pyrrole nitrogens is 1. The van der Waals surface area contributed by atoms with Gasteiger partial charge in [0.25, 0.3) is 5.91 Å². The second kappa shape index (κ2) is 5.41. The maximum absolute atomic E-state index is 12.0. The van der Waals surface area contributed by atoms with Gasteiger partial charge >= 0.3 is 0 Å². The van der Waals surface area contributed by atoms with E-state index < -0.39 is 9.84 Å². The van der Waals surface area contributed by atoms with Crippen LogP contribution in [0.2, 0.25) is 0 Å². The maximum Gasteiger partial charge on any atom is 0.272 e. The minimum atomic E-state index is -3.31. The second-order valence-electron chi connectivity index (χ2n) is 4.43. The van der Waals surface area contributed by atoms with Gasteiger partial charge in [-0.05, 0) is 46.6 Å². The van der Waals surface area contributed by atoms with Crippen LogP contribution in [-0.2, 0) is 9.84 Å². The van der Waals surface area contributed by atoms with E-state index in [1.54, 1.807) is 25.3 Å². The van der Waals surface area contributed by atoms with E-state index in [0.717, 1.165) is 16.3 Å². The van der Waals surface area contributed by atoms with Crippen molar-refractivity contribution in [3.05, 3.63) is 46.2 Å². The Morgan fingerprint density at radius 1 is 1.30 bits per heavy atom. The maximum atomic E-state index is 12.0. The molecule has 0 fully saturated rings. The standard InChI is InChI=1S/C13H13BrN2O3S/c1-8-3-4-10(20(2,18)19)6-11(8)16-13(17)12-5-9(14)7-15-12/h3-7,15H,1-2H3,(H,16,17). The lowest BCUT2D eigenvalue weighted by Gasteiger charge is -2.09. The third-order valence-corrected chi connectivity index (χ3v) is 4.35. The molecular formula is C13H13BrN2O3S. The number of aromatic amines is 1. The summed E-state index contributed by atoms with van der Waals surface area (Å²) < 4.78 is 23.8. The number of carbonyl (C=O) groups is 1. The van der Waals surface area contributed by atoms with Gasteiger partial charge in [-0.2, -0.15) is 0 Å². The first-order valence-electron chi connectivity index (χ1n) is 5.73. The van der Waals surface area contributed by atoms with Gasteiger partial charge in [-0.25, -0.2) is 8.42 Å². The van der Waals surface area contributed by atoms with E-state index in [1.807, 2.05) is 0 Å². The quantitative estimate of drug-likeness (QED) is 0.887. The number of nitrogens with one attached hydrogen (secondary N) is 2. The van der Waals surface area contributed by atoms with Gasteiger partial charge in [0.1, 0.15) is 5.69 Å². The summed E-state index contributed by atoms with van der Waals surface area (Å²) in [6.45, 7) is 1.80. The molecular weight excluding hydrogens is 344 g/mol. The predicted molar refractivity (Wildman–Crippen MR) is 80.7 cm³/mol. The number of benzene rings is 1. The summed E-state index contributed by atoms with van der Waals surface area (Å²) in [4.78, 5) is 15.0. The van der Waals surface area contributed by atoms with Crippen molar-refractivity contribution in [2.24, 2.45) is 0 Å². The molecule has 0 atom stereocenters. The van der Waals surface area contributed by atoms with Crippen LogP contribution in [0, 0.1) is 6.92 Å². The first kappa shape index (κ1) is 14.8. The van der Waals surface area contributed by atoms with Crippen LogP contribution in [0.25, 0.3) is 0 Å². The van der Waals surface area contributed by atoms with Gasteiger partial charge < -0.3 is 10.3 Å². The van der Waals surface area contributed by atoms with E-state index in [0.29, 0.717) is 11.4 Å². The van der Waals surface area contributed by atoms with E-state index in [-0.39, 0.29) is 10.8 Å². The second-order valence-corrected chi connectivity index (χ2v) is 7.37. The Morgan fingerprint density at radius 2 is 2.00 bits per heavy atom. The van der Waals surface area contributed by atoms with Crippen LogP contribution in [0.1, 0.15) is 16.1 Å². The number of hydrogen-bond donors (Lipinski definition) is 2. The molecule has 1 aromatic carbocycles. The molecule has 20 heavy (non-hydrogen) atoms. The fraction of sp³-hybridized carbons (Fsp3) is 0.154. The van der Waals surface area contributed by atoms with E-state index in [4.69, 9.17) is 0 Å². The summed E-state index contributed by atoms with van der Waals surface area (Å²) in [5.41, 5.74) is 1.65. The molecule has 106 valence electrons. The van der Waals surface area contributed by atoms with Gasteiger partial charge in [0.2, 0.25) is 0 Å². The molecule has 1 amide bonds. The highest BCUT2D eigenvalue weighted by atomic mass is 79.9. The molecule has 7 heteroatoms. The molecule has 5 nitrogen and oxygen atoms in total. The molecule has 0 radical (unpaired) electrons. The summed E-state index contributed by atoms with van der Waals surface area (Å²) in [5.74, 6) is -0.329. The van der Waals surface area contributed by atoms with Crippen LogP contribution in [0.5, 0.6) is 0 Å². The van der Waals surface area contributed by atoms with Crippen molar-refractivity contribution >= 4 is 37.4 Å². The SMILES string of the molecule is Cc1ccc(S(C)(=O)=O)cc1NC(=O)c1cc(Br)c[nH]1. The van der Waals surface area contributed by atoms with Crippen LogP contribution in [-0.4, -0.2) is 25.6 Å². The molecule has 0 aliphatic carbocycles. The minimum absolute atomic E-state index is 0.172. The smallest absolute Gasteiger partial charge is 0.272 e. The lowest BCUT2D eigenvalue weighted by atomic mass is 10.2. The van der Waals surface area contributed by atoms with Crippen molar-refractivity contribution in [2.75, 3.05) is 11.6 Å². The number of hydrogen-bond acceptors (Lipinski definition) is 3. The normalized spacial score (nSPS) is 11.3. The summed E-state index contributed by atoms with van der Waals surface area (Å²) >= 11 is 3.25. The Labute approximate surface area is 125 Å². The molecule has 0 saturated heterocycles. The molecule has 1 heterocycles. The van der Waals surface area contributed by atoms with Gasteiger partial charge in [0, 0.05) is 22.6 Å². The third kappa shape index (κ3) is 3.29. The van der Waals surface area contributed by atoms with Crippen LogP contribution in [0.15, 0.2) is 39.8 Å². The van der Waals surface area contributed by atoms with Gasteiger partial charge in [0.05, 0.1) is 4.90 Å². The number of aryl methyl sites for hydroxylation is 1. The predicted octanol–water partition coefficient (Wildman–Crippen LogP) is 2.74. The Hall–Kier alpha value is -1.60. The van der Waals surface area contributed by atoms with Crippen molar-refractivity contribution in [1.29, 1.82) is 0 Å². The van der Waals surface area contributed by atoms with Crippen LogP contribution < -0.4 is 5.32 Å². The van der Waals surface area contributed by atoms with Crippen molar-refractivity contribution in [3.63, 3.8) is 0 Å². The highest BCUT2D eigenvalue weighted by Gasteiger charge is 2.13. The van der Waals surface area contributed by atoms with E-state index in [2.05, 4.69) is 26.2 Å². The minimum Gasteiger partial charge on any atom is -0.356 e. The van der Waals surface area contributed by atoms with E-state index in [1.165, 1.54) is 12.1 Å². The fourth-order valence-corrected chi connectivity index (χ4v) is 2.65. The summed E-state index contributed by atoms with van der Waals surface area (Å²) in [7, 11) is -3.31. The number of halogens is 1. The molecule has 0 aliphatic heterocycles. The molecule has 0 spiro atoms. The summed E-state index contributed by atoms with van der Waals surface area (Å²) in [6, 6.07) is 6.29. The number of aromatic nitrogens is 1. The lowest BCUT2D eigenvalue weighted by Crippen LogP contribution is -2.13. The molecule has 1 aromatic heterocycles. The van der Waals surface area contributed by atoms with Crippen molar-refractivity contribution in [3.8, 4) is 0 Å². The van der Waals surface area contributed by atoms with Crippen LogP contribution in [0.4, 0.5) is 5.69 Å². The van der Waals surface area contributed by atoms with Gasteiger partial charge in [-0.1, -0.05) is 6.07 Å². The van der Waals surface area contributed by atoms with Crippen LogP contribution >= 0.6 is 15.9 Å². The zero-order valence-corrected chi connectivity index (χ0v) is 13.3. The Balaban J connectivity index is 2.31. The first-order chi connectivity index (χ1) is 9.27. The number of rotatable bonds is 3. The van der Waals surface area contributed by atoms with Crippen molar-refractivity contribution in [2.45, 2.75) is 11.8 Å². The summed E-state index contributed by atoms with van der Waals surface area (Å²) in [6.07, 6.45) is 2.78. The molecule has 0 unspecified atom stereocenters. The molecule has 2 aromatic rings. The van der Waals surface area contributed by atoms with Crippen molar-refractivity contribution in [1.82, 2.24) is 4.98 Å². The van der Waals surface area contributed by atoms with Gasteiger partial charge in [-0.3, -0.25) is 4.79 Å². The Kier molecular flexibility index (Phi) is 4.01. The highest BCUT2D eigenvalue weighted by molar-refractivity contribution is 9.10. The Morgan fingerprint density at radius 3 is 2.55 bits per heavy atom. The molecule has 0 saturated carbocycles. The topological polar surface area (TPSA) is 79.0 Å². The average molecular weight is 357 g/mol. The highest BCUT2D eigenvalue weighted by Crippen LogP contribution is 2.21. The number of sulfone groups is 1. The average Bonchev–Trinajstić information content (AvgIpc) is 2.77. The number of carbonyl (C=O) groups excluding carboxylic acids is 1. The van der Waals surface area contributed by atoms with Crippen LogP contribution in [0.3, 0.4) is 0 Å². The number of amides is 1.